The zero-order chi connectivity index (χ0) is 22.3. The van der Waals surface area contributed by atoms with Crippen LogP contribution in [-0.2, 0) is 13.1 Å². The summed E-state index contributed by atoms with van der Waals surface area (Å²) >= 11 is 0. The summed E-state index contributed by atoms with van der Waals surface area (Å²) < 4.78 is 0. The number of benzene rings is 2. The molecule has 1 saturated heterocycles. The van der Waals surface area contributed by atoms with Crippen LogP contribution < -0.4 is 5.32 Å². The van der Waals surface area contributed by atoms with Gasteiger partial charge in [-0.1, -0.05) is 42.5 Å². The standard InChI is InChI=1S/C24H27N5O3/c30-23(22-15-26-29(27-22)17-20-6-8-21(9-7-20)24(31)32)25-14-18-10-12-28(13-11-18)16-19-4-2-1-3-5-19/h1-9,15,18H,10-14,16-17H2,(H,25,30)(H,31,32). The summed E-state index contributed by atoms with van der Waals surface area (Å²) in [4.78, 5) is 27.3. The number of carbonyl (C=O) groups is 2. The van der Waals surface area contributed by atoms with Gasteiger partial charge in [-0.25, -0.2) is 4.79 Å². The van der Waals surface area contributed by atoms with Crippen molar-refractivity contribution in [1.82, 2.24) is 25.2 Å². The largest absolute Gasteiger partial charge is 0.478 e. The van der Waals surface area contributed by atoms with Gasteiger partial charge in [0.05, 0.1) is 18.3 Å². The Hall–Kier alpha value is -3.52. The molecule has 32 heavy (non-hydrogen) atoms. The Kier molecular flexibility index (Phi) is 6.91. The maximum atomic E-state index is 12.5. The summed E-state index contributed by atoms with van der Waals surface area (Å²) in [5.41, 5.74) is 2.71. The van der Waals surface area contributed by atoms with Crippen LogP contribution in [0.1, 0.15) is 44.8 Å². The highest BCUT2D eigenvalue weighted by molar-refractivity contribution is 5.91. The second-order valence-corrected chi connectivity index (χ2v) is 8.18. The summed E-state index contributed by atoms with van der Waals surface area (Å²) in [5.74, 6) is -0.715. The molecule has 1 aliphatic rings. The Labute approximate surface area is 186 Å². The first kappa shape index (κ1) is 21.7. The third kappa shape index (κ3) is 5.79. The lowest BCUT2D eigenvalue weighted by molar-refractivity contribution is 0.0696. The number of nitrogens with zero attached hydrogens (tertiary/aromatic N) is 4. The molecule has 2 aromatic carbocycles. The molecule has 166 valence electrons. The van der Waals surface area contributed by atoms with Crippen molar-refractivity contribution in [3.8, 4) is 0 Å². The van der Waals surface area contributed by atoms with Gasteiger partial charge in [-0.15, -0.1) is 5.10 Å². The van der Waals surface area contributed by atoms with Crippen LogP contribution in [0.3, 0.4) is 0 Å². The lowest BCUT2D eigenvalue weighted by atomic mass is 9.96. The van der Waals surface area contributed by atoms with Crippen molar-refractivity contribution in [2.45, 2.75) is 25.9 Å². The van der Waals surface area contributed by atoms with Gasteiger partial charge >= 0.3 is 5.97 Å². The highest BCUT2D eigenvalue weighted by Gasteiger charge is 2.20. The summed E-state index contributed by atoms with van der Waals surface area (Å²) in [6, 6.07) is 17.0. The number of rotatable bonds is 8. The topological polar surface area (TPSA) is 100 Å². The maximum absolute atomic E-state index is 12.5. The molecule has 4 rings (SSSR count). The van der Waals surface area contributed by atoms with E-state index in [-0.39, 0.29) is 17.2 Å². The van der Waals surface area contributed by atoms with E-state index in [1.165, 1.54) is 16.6 Å². The lowest BCUT2D eigenvalue weighted by Gasteiger charge is -2.32. The van der Waals surface area contributed by atoms with Crippen molar-refractivity contribution < 1.29 is 14.7 Å². The van der Waals surface area contributed by atoms with Crippen molar-refractivity contribution in [1.29, 1.82) is 0 Å². The molecule has 8 heteroatoms. The molecule has 0 aliphatic carbocycles. The van der Waals surface area contributed by atoms with Crippen LogP contribution in [0.5, 0.6) is 0 Å². The van der Waals surface area contributed by atoms with Gasteiger partial charge in [-0.3, -0.25) is 9.69 Å². The number of hydrogen-bond donors (Lipinski definition) is 2. The Balaban J connectivity index is 1.21. The number of likely N-dealkylation sites (tertiary alicyclic amines) is 1. The Bertz CT molecular complexity index is 1040. The maximum Gasteiger partial charge on any atom is 0.335 e. The number of aromatic nitrogens is 3. The fourth-order valence-corrected chi connectivity index (χ4v) is 3.91. The minimum absolute atomic E-state index is 0.218. The van der Waals surface area contributed by atoms with E-state index in [2.05, 4.69) is 44.7 Å². The molecule has 0 saturated carbocycles. The van der Waals surface area contributed by atoms with Crippen molar-refractivity contribution in [2.75, 3.05) is 19.6 Å². The molecule has 0 spiro atoms. The fourth-order valence-electron chi connectivity index (χ4n) is 3.91. The lowest BCUT2D eigenvalue weighted by Crippen LogP contribution is -2.38. The number of carboxylic acid groups (broad SMARTS) is 1. The molecular formula is C24H27N5O3. The van der Waals surface area contributed by atoms with Gasteiger partial charge < -0.3 is 10.4 Å². The summed E-state index contributed by atoms with van der Waals surface area (Å²) in [7, 11) is 0. The number of amides is 1. The summed E-state index contributed by atoms with van der Waals surface area (Å²) in [5, 5.41) is 20.4. The van der Waals surface area contributed by atoms with Crippen molar-refractivity contribution >= 4 is 11.9 Å². The van der Waals surface area contributed by atoms with E-state index in [1.54, 1.807) is 24.3 Å². The number of carbonyl (C=O) groups excluding carboxylic acids is 1. The highest BCUT2D eigenvalue weighted by atomic mass is 16.4. The molecular weight excluding hydrogens is 406 g/mol. The Morgan fingerprint density at radius 1 is 0.969 bits per heavy atom. The number of aromatic carboxylic acids is 1. The van der Waals surface area contributed by atoms with Gasteiger partial charge in [0, 0.05) is 13.1 Å². The molecule has 0 unspecified atom stereocenters. The van der Waals surface area contributed by atoms with Gasteiger partial charge in [0.2, 0.25) is 0 Å². The SMILES string of the molecule is O=C(O)c1ccc(Cn2ncc(C(=O)NCC3CCN(Cc4ccccc4)CC3)n2)cc1. The molecule has 1 fully saturated rings. The average Bonchev–Trinajstić information content (AvgIpc) is 3.28. The molecule has 3 aromatic rings. The van der Waals surface area contributed by atoms with Gasteiger partial charge in [0.15, 0.2) is 5.69 Å². The van der Waals surface area contributed by atoms with E-state index in [1.807, 2.05) is 6.07 Å². The molecule has 2 heterocycles. The first-order valence-electron chi connectivity index (χ1n) is 10.8. The van der Waals surface area contributed by atoms with E-state index in [0.29, 0.717) is 19.0 Å². The second kappa shape index (κ2) is 10.2. The van der Waals surface area contributed by atoms with Crippen LogP contribution in [0.15, 0.2) is 60.8 Å². The molecule has 0 bridgehead atoms. The minimum Gasteiger partial charge on any atom is -0.478 e. The molecule has 1 aliphatic heterocycles. The van der Waals surface area contributed by atoms with Gasteiger partial charge in [-0.2, -0.15) is 9.90 Å². The first-order valence-corrected chi connectivity index (χ1v) is 10.8. The molecule has 0 atom stereocenters. The molecule has 2 N–H and O–H groups in total. The average molecular weight is 434 g/mol. The fraction of sp³-hybridized carbons (Fsp3) is 0.333. The zero-order valence-corrected chi connectivity index (χ0v) is 17.9. The monoisotopic (exact) mass is 433 g/mol. The predicted octanol–water partition coefficient (Wildman–Crippen LogP) is 2.67. The van der Waals surface area contributed by atoms with E-state index in [0.717, 1.165) is 38.0 Å². The number of carboxylic acids is 1. The smallest absolute Gasteiger partial charge is 0.335 e. The van der Waals surface area contributed by atoms with Crippen LogP contribution in [0.4, 0.5) is 0 Å². The highest BCUT2D eigenvalue weighted by Crippen LogP contribution is 2.18. The van der Waals surface area contributed by atoms with Crippen molar-refractivity contribution in [3.05, 3.63) is 83.2 Å². The first-order chi connectivity index (χ1) is 15.6. The number of nitrogens with one attached hydrogen (secondary N) is 1. The normalized spacial score (nSPS) is 14.9. The van der Waals surface area contributed by atoms with E-state index in [4.69, 9.17) is 5.11 Å². The minimum atomic E-state index is -0.963. The number of hydrogen-bond acceptors (Lipinski definition) is 5. The molecule has 1 aromatic heterocycles. The van der Waals surface area contributed by atoms with Crippen molar-refractivity contribution in [2.24, 2.45) is 5.92 Å². The third-order valence-electron chi connectivity index (χ3n) is 5.80. The van der Waals surface area contributed by atoms with Crippen LogP contribution in [-0.4, -0.2) is 56.5 Å². The second-order valence-electron chi connectivity index (χ2n) is 8.18. The Morgan fingerprint density at radius 3 is 2.34 bits per heavy atom. The third-order valence-corrected chi connectivity index (χ3v) is 5.80. The van der Waals surface area contributed by atoms with Crippen LogP contribution in [0, 0.1) is 5.92 Å². The van der Waals surface area contributed by atoms with Crippen LogP contribution in [0.25, 0.3) is 0 Å². The quantitative estimate of drug-likeness (QED) is 0.567. The van der Waals surface area contributed by atoms with Gasteiger partial charge in [0.25, 0.3) is 5.91 Å². The zero-order valence-electron chi connectivity index (χ0n) is 17.9. The van der Waals surface area contributed by atoms with E-state index in [9.17, 15) is 9.59 Å². The molecule has 8 nitrogen and oxygen atoms in total. The van der Waals surface area contributed by atoms with E-state index >= 15 is 0 Å². The van der Waals surface area contributed by atoms with Crippen molar-refractivity contribution in [3.63, 3.8) is 0 Å². The van der Waals surface area contributed by atoms with Crippen LogP contribution in [0.2, 0.25) is 0 Å². The Morgan fingerprint density at radius 2 is 1.66 bits per heavy atom. The molecule has 1 amide bonds. The van der Waals surface area contributed by atoms with Gasteiger partial charge in [-0.05, 0) is 55.1 Å². The van der Waals surface area contributed by atoms with Gasteiger partial charge in [0.1, 0.15) is 0 Å². The van der Waals surface area contributed by atoms with Crippen LogP contribution >= 0.6 is 0 Å². The number of piperidine rings is 1. The predicted molar refractivity (Wildman–Crippen MR) is 119 cm³/mol. The van der Waals surface area contributed by atoms with E-state index < -0.39 is 5.97 Å². The summed E-state index contributed by atoms with van der Waals surface area (Å²) in [6.07, 6.45) is 3.59. The molecule has 0 radical (unpaired) electrons. The summed E-state index contributed by atoms with van der Waals surface area (Å²) in [6.45, 7) is 4.05.